The number of carbonyl (C=O) groups excluding carboxylic acids is 2. The van der Waals surface area contributed by atoms with Crippen LogP contribution in [0.5, 0.6) is 0 Å². The minimum Gasteiger partial charge on any atom is -0.481 e. The summed E-state index contributed by atoms with van der Waals surface area (Å²) in [5, 5.41) is 172. The first-order valence-electron chi connectivity index (χ1n) is 31.0. The van der Waals surface area contributed by atoms with E-state index in [1.54, 1.807) is 6.92 Å². The molecular weight excluding hydrogens is 1180 g/mol. The van der Waals surface area contributed by atoms with Crippen molar-refractivity contribution in [3.05, 3.63) is 11.6 Å². The van der Waals surface area contributed by atoms with Crippen LogP contribution in [0.2, 0.25) is 0 Å². The summed E-state index contributed by atoms with van der Waals surface area (Å²) in [6.07, 6.45) is -32.3. The van der Waals surface area contributed by atoms with E-state index < -0.39 is 237 Å². The lowest BCUT2D eigenvalue weighted by molar-refractivity contribution is -0.363. The average Bonchev–Trinajstić information content (AvgIpc) is 0.676. The molecule has 5 aliphatic carbocycles. The average molecular weight is 1280 g/mol. The maximum absolute atomic E-state index is 15.6. The number of esters is 2. The molecule has 29 nitrogen and oxygen atoms in total. The Morgan fingerprint density at radius 3 is 1.71 bits per heavy atom. The second-order valence-corrected chi connectivity index (χ2v) is 28.8. The van der Waals surface area contributed by atoms with E-state index in [4.69, 9.17) is 47.7 Å². The van der Waals surface area contributed by atoms with Crippen LogP contribution in [0.25, 0.3) is 0 Å². The zero-order valence-corrected chi connectivity index (χ0v) is 51.2. The van der Waals surface area contributed by atoms with Crippen molar-refractivity contribution < 1.29 is 144 Å². The molecule has 4 heterocycles. The van der Waals surface area contributed by atoms with Crippen molar-refractivity contribution in [2.24, 2.45) is 50.2 Å². The summed E-state index contributed by atoms with van der Waals surface area (Å²) in [7, 11) is 0. The smallest absolute Gasteiger partial charge is 0.315 e. The highest BCUT2D eigenvalue weighted by atomic mass is 16.8. The van der Waals surface area contributed by atoms with Gasteiger partial charge in [0, 0.05) is 0 Å². The zero-order chi connectivity index (χ0) is 65.6. The van der Waals surface area contributed by atoms with Crippen LogP contribution in [0.15, 0.2) is 11.6 Å². The number of aliphatic hydroxyl groups excluding tert-OH is 13. The second kappa shape index (κ2) is 25.8. The Balaban J connectivity index is 0.969. The molecule has 9 aliphatic rings. The highest BCUT2D eigenvalue weighted by molar-refractivity contribution is 5.79. The monoisotopic (exact) mass is 1280 g/mol. The Hall–Kier alpha value is -3.22. The molecule has 0 spiro atoms. The predicted molar refractivity (Wildman–Crippen MR) is 296 cm³/mol. The standard InChI is InChI=1S/C60H94O29/c1-54(2)14-16-60(17-15-57(5)25(26(60)18-54)8-9-31-56(4)12-11-33(59(7,52(77)78)32(56)10-13-58(31,57)6)87-49-44(74)40(70)36(66)27(21-61)83-49)53(79)89-51-46(76)47(88-50-45(75)41(71)37(67)28(22-62)84-50)39(69)30(86-51)24-82-48-43(73)42(72)38(68)29(85-48)23-81-35(65)20-55(3,80)19-34(63)64/h8,26-33,36-51,61-62,66-76,80H,9-24H2,1-7H3,(H,63,64)(H,77,78)/t26-,27+,28+,29+,30+,31+,32+,33-,36+,37+,38+,39+,40-,41-,42-,43+,44+,45+,46+,47-,48+,49-,50-,51-,55-,56+,57+,58+,59-,60-/m0/s1. The van der Waals surface area contributed by atoms with Gasteiger partial charge in [-0.15, -0.1) is 0 Å². The van der Waals surface area contributed by atoms with Crippen molar-refractivity contribution in [2.45, 2.75) is 260 Å². The largest absolute Gasteiger partial charge is 0.481 e. The molecule has 508 valence electrons. The van der Waals surface area contributed by atoms with Crippen LogP contribution in [-0.4, -0.2) is 267 Å². The van der Waals surface area contributed by atoms with Crippen molar-refractivity contribution in [3.8, 4) is 0 Å². The molecule has 0 aromatic heterocycles. The number of rotatable bonds is 18. The minimum absolute atomic E-state index is 0.0835. The van der Waals surface area contributed by atoms with Gasteiger partial charge in [-0.1, -0.05) is 46.3 Å². The molecular formula is C60H94O29. The Morgan fingerprint density at radius 2 is 1.12 bits per heavy atom. The fraction of sp³-hybridized carbons (Fsp3) is 0.900. The number of aliphatic hydroxyl groups is 14. The van der Waals surface area contributed by atoms with Gasteiger partial charge < -0.3 is 124 Å². The lowest BCUT2D eigenvalue weighted by atomic mass is 9.33. The molecule has 9 rings (SSSR count). The van der Waals surface area contributed by atoms with E-state index >= 15 is 4.79 Å². The number of carboxylic acids is 2. The van der Waals surface area contributed by atoms with Crippen molar-refractivity contribution in [3.63, 3.8) is 0 Å². The summed E-state index contributed by atoms with van der Waals surface area (Å²) in [4.78, 5) is 53.2. The second-order valence-electron chi connectivity index (χ2n) is 28.8. The van der Waals surface area contributed by atoms with Gasteiger partial charge in [0.25, 0.3) is 0 Å². The predicted octanol–water partition coefficient (Wildman–Crippen LogP) is -2.80. The quantitative estimate of drug-likeness (QED) is 0.0374. The SMILES string of the molecule is CC1(C)CC[C@]2(C(=O)O[C@@H]3O[C@H](CO[C@@H]4O[C@H](COC(=O)C[C@@](C)(O)CC(=O)O)[C@@H](O)[C@H](O)[C@H]4O)[C@@H](O)[C@H](O[C@@H]4O[C@H](CO)[C@@H](O)[C@H](O)[C@H]4O)[C@H]3O)CC[C@]3(C)C(=CC[C@@H]4[C@@]5(C)CC[C@H](O[C@@H]6O[C@H](CO)[C@@H](O)[C@H](O)[C@H]6O)[C@@](C)(C(=O)O)[C@@H]5CC[C@]43C)[C@@H]2C1. The number of carbonyl (C=O) groups is 4. The summed E-state index contributed by atoms with van der Waals surface area (Å²) in [6.45, 7) is 10.4. The fourth-order valence-electron chi connectivity index (χ4n) is 17.3. The Labute approximate surface area is 514 Å². The lowest BCUT2D eigenvalue weighted by Gasteiger charge is -2.71. The van der Waals surface area contributed by atoms with E-state index in [0.29, 0.717) is 51.4 Å². The Bertz CT molecular complexity index is 2580. The van der Waals surface area contributed by atoms with Crippen molar-refractivity contribution in [1.82, 2.24) is 0 Å². The van der Waals surface area contributed by atoms with E-state index in [2.05, 4.69) is 40.7 Å². The topological polar surface area (TPSA) is 475 Å². The van der Waals surface area contributed by atoms with Gasteiger partial charge in [0.2, 0.25) is 6.29 Å². The van der Waals surface area contributed by atoms with E-state index in [1.165, 1.54) is 0 Å². The third-order valence-corrected chi connectivity index (χ3v) is 22.8. The molecule has 0 bridgehead atoms. The first-order valence-corrected chi connectivity index (χ1v) is 31.0. The molecule has 29 heteroatoms. The third kappa shape index (κ3) is 12.5. The van der Waals surface area contributed by atoms with Gasteiger partial charge in [0.1, 0.15) is 104 Å². The number of hydrogen-bond acceptors (Lipinski definition) is 27. The molecule has 0 aromatic carbocycles. The minimum atomic E-state index is -2.11. The number of carboxylic acid groups (broad SMARTS) is 2. The molecule has 0 amide bonds. The first kappa shape index (κ1) is 70.1. The van der Waals surface area contributed by atoms with Crippen molar-refractivity contribution in [1.29, 1.82) is 0 Å². The number of aliphatic carboxylic acids is 2. The van der Waals surface area contributed by atoms with E-state index in [0.717, 1.165) is 12.5 Å². The van der Waals surface area contributed by atoms with Gasteiger partial charge in [-0.25, -0.2) is 0 Å². The van der Waals surface area contributed by atoms with Crippen LogP contribution in [0.1, 0.15) is 126 Å². The molecule has 16 N–H and O–H groups in total. The maximum Gasteiger partial charge on any atom is 0.315 e. The number of fused-ring (bicyclic) bond motifs is 7. The van der Waals surface area contributed by atoms with Gasteiger partial charge in [0.05, 0.1) is 55.2 Å². The summed E-state index contributed by atoms with van der Waals surface area (Å²) in [5.74, 6) is -5.38. The van der Waals surface area contributed by atoms with E-state index in [1.807, 2.05) is 0 Å². The number of ether oxygens (including phenoxy) is 9. The highest BCUT2D eigenvalue weighted by Crippen LogP contribution is 2.76. The van der Waals surface area contributed by atoms with Crippen LogP contribution >= 0.6 is 0 Å². The summed E-state index contributed by atoms with van der Waals surface area (Å²) < 4.78 is 52.7. The first-order chi connectivity index (χ1) is 41.4. The van der Waals surface area contributed by atoms with Crippen LogP contribution in [-0.2, 0) is 61.8 Å². The molecule has 89 heavy (non-hydrogen) atoms. The number of allylic oxidation sites excluding steroid dienone is 2. The van der Waals surface area contributed by atoms with Crippen LogP contribution < -0.4 is 0 Å². The summed E-state index contributed by atoms with van der Waals surface area (Å²) in [5.41, 5.74) is -5.67. The normalized spacial score (nSPS) is 49.5. The lowest BCUT2D eigenvalue weighted by Crippen LogP contribution is -2.68. The van der Waals surface area contributed by atoms with Gasteiger partial charge in [-0.3, -0.25) is 19.2 Å². The van der Waals surface area contributed by atoms with Crippen LogP contribution in [0.3, 0.4) is 0 Å². The molecule has 4 saturated carbocycles. The van der Waals surface area contributed by atoms with E-state index in [-0.39, 0.29) is 24.2 Å². The molecule has 30 atom stereocenters. The molecule has 4 aliphatic heterocycles. The van der Waals surface area contributed by atoms with E-state index in [9.17, 15) is 91.0 Å². The number of hydrogen-bond donors (Lipinski definition) is 16. The van der Waals surface area contributed by atoms with Crippen LogP contribution in [0.4, 0.5) is 0 Å². The zero-order valence-electron chi connectivity index (χ0n) is 51.2. The van der Waals surface area contributed by atoms with Gasteiger partial charge in [-0.05, 0) is 117 Å². The molecule has 0 unspecified atom stereocenters. The summed E-state index contributed by atoms with van der Waals surface area (Å²) in [6, 6.07) is 0. The Morgan fingerprint density at radius 1 is 0.584 bits per heavy atom. The highest BCUT2D eigenvalue weighted by Gasteiger charge is 2.72. The van der Waals surface area contributed by atoms with Crippen molar-refractivity contribution >= 4 is 23.9 Å². The summed E-state index contributed by atoms with van der Waals surface area (Å²) >= 11 is 0. The maximum atomic E-state index is 15.6. The van der Waals surface area contributed by atoms with Crippen LogP contribution in [0, 0.1) is 50.2 Å². The molecule has 4 saturated heterocycles. The third-order valence-electron chi connectivity index (χ3n) is 22.8. The van der Waals surface area contributed by atoms with Gasteiger partial charge >= 0.3 is 23.9 Å². The Kier molecular flexibility index (Phi) is 20.3. The molecule has 8 fully saturated rings. The van der Waals surface area contributed by atoms with Crippen molar-refractivity contribution in [2.75, 3.05) is 26.4 Å². The van der Waals surface area contributed by atoms with Gasteiger partial charge in [-0.2, -0.15) is 0 Å². The molecule has 0 radical (unpaired) electrons. The van der Waals surface area contributed by atoms with Gasteiger partial charge in [0.15, 0.2) is 18.9 Å². The fourth-order valence-corrected chi connectivity index (χ4v) is 17.3. The molecule has 0 aromatic rings.